The molecule has 0 atom stereocenters. The summed E-state index contributed by atoms with van der Waals surface area (Å²) in [6, 6.07) is 7.82. The summed E-state index contributed by atoms with van der Waals surface area (Å²) in [6.45, 7) is 0. The fourth-order valence-corrected chi connectivity index (χ4v) is 2.59. The van der Waals surface area contributed by atoms with Gasteiger partial charge in [-0.3, -0.25) is 4.79 Å². The highest BCUT2D eigenvalue weighted by Gasteiger charge is 2.23. The Labute approximate surface area is 112 Å². The van der Waals surface area contributed by atoms with Crippen molar-refractivity contribution in [1.82, 2.24) is 4.98 Å². The molecule has 4 rings (SSSR count). The molecule has 1 aliphatic heterocycles. The first-order chi connectivity index (χ1) is 9.65. The molecule has 3 N–H and O–H groups in total. The minimum atomic E-state index is -0.379. The number of hydrogen-bond acceptors (Lipinski definition) is 4. The molecular weight excluding hydrogens is 258 g/mol. The van der Waals surface area contributed by atoms with Crippen LogP contribution in [0.3, 0.4) is 0 Å². The van der Waals surface area contributed by atoms with E-state index < -0.39 is 0 Å². The summed E-state index contributed by atoms with van der Waals surface area (Å²) in [5.74, 6) is 1.11. The van der Waals surface area contributed by atoms with Crippen LogP contribution in [0.4, 0.5) is 0 Å². The molecule has 0 spiro atoms. The average molecular weight is 267 g/mol. The zero-order valence-corrected chi connectivity index (χ0v) is 10.2. The van der Waals surface area contributed by atoms with Crippen molar-refractivity contribution in [3.8, 4) is 34.1 Å². The number of pyridine rings is 1. The molecule has 0 aliphatic carbocycles. The van der Waals surface area contributed by atoms with Gasteiger partial charge in [0.2, 0.25) is 0 Å². The van der Waals surface area contributed by atoms with E-state index in [0.717, 1.165) is 0 Å². The van der Waals surface area contributed by atoms with E-state index in [4.69, 9.17) is 4.74 Å². The van der Waals surface area contributed by atoms with Gasteiger partial charge < -0.3 is 19.9 Å². The molecule has 0 saturated heterocycles. The Morgan fingerprint density at radius 2 is 1.75 bits per heavy atom. The van der Waals surface area contributed by atoms with Gasteiger partial charge in [0.1, 0.15) is 23.0 Å². The molecule has 3 aromatic rings. The molecular formula is C15H9NO4. The summed E-state index contributed by atoms with van der Waals surface area (Å²) >= 11 is 0. The van der Waals surface area contributed by atoms with Gasteiger partial charge >= 0.3 is 0 Å². The van der Waals surface area contributed by atoms with Crippen LogP contribution in [0, 0.1) is 0 Å². The third-order valence-corrected chi connectivity index (χ3v) is 3.46. The molecule has 0 fully saturated rings. The van der Waals surface area contributed by atoms with E-state index in [1.165, 1.54) is 12.1 Å². The van der Waals surface area contributed by atoms with Gasteiger partial charge in [-0.25, -0.2) is 0 Å². The number of benzene rings is 2. The first-order valence-corrected chi connectivity index (χ1v) is 6.04. The van der Waals surface area contributed by atoms with Crippen molar-refractivity contribution < 1.29 is 14.9 Å². The quantitative estimate of drug-likeness (QED) is 0.457. The van der Waals surface area contributed by atoms with Crippen molar-refractivity contribution in [3.05, 3.63) is 46.9 Å². The second kappa shape index (κ2) is 3.54. The first kappa shape index (κ1) is 10.9. The molecule has 1 aliphatic rings. The topological polar surface area (TPSA) is 82.6 Å². The van der Waals surface area contributed by atoms with Crippen molar-refractivity contribution in [1.29, 1.82) is 0 Å². The molecule has 1 aromatic heterocycles. The summed E-state index contributed by atoms with van der Waals surface area (Å²) in [7, 11) is 0. The fourth-order valence-electron chi connectivity index (χ4n) is 2.59. The minimum absolute atomic E-state index is 0.0981. The van der Waals surface area contributed by atoms with Crippen molar-refractivity contribution in [2.45, 2.75) is 0 Å². The lowest BCUT2D eigenvalue weighted by Crippen LogP contribution is -2.09. The maximum absolute atomic E-state index is 11.9. The van der Waals surface area contributed by atoms with Gasteiger partial charge in [-0.2, -0.15) is 0 Å². The van der Waals surface area contributed by atoms with Gasteiger partial charge in [0, 0.05) is 22.7 Å². The lowest BCUT2D eigenvalue weighted by molar-refractivity contribution is 0.463. The number of fused-ring (bicyclic) bond motifs is 2. The Hall–Kier alpha value is -2.95. The Bertz CT molecular complexity index is 927. The predicted molar refractivity (Wildman–Crippen MR) is 73.4 cm³/mol. The molecule has 0 bridgehead atoms. The minimum Gasteiger partial charge on any atom is -0.508 e. The maximum Gasteiger partial charge on any atom is 0.259 e. The normalized spacial score (nSPS) is 12.0. The Balaban J connectivity index is 2.24. The number of aromatic hydroxyl groups is 2. The van der Waals surface area contributed by atoms with Crippen LogP contribution in [0.25, 0.3) is 21.9 Å². The van der Waals surface area contributed by atoms with Gasteiger partial charge in [-0.15, -0.1) is 0 Å². The molecule has 5 nitrogen and oxygen atoms in total. The Kier molecular flexibility index (Phi) is 1.93. The van der Waals surface area contributed by atoms with Gasteiger partial charge in [0.25, 0.3) is 5.56 Å². The van der Waals surface area contributed by atoms with E-state index in [9.17, 15) is 15.0 Å². The van der Waals surface area contributed by atoms with Crippen LogP contribution < -0.4 is 10.3 Å². The average Bonchev–Trinajstić information content (AvgIpc) is 2.44. The van der Waals surface area contributed by atoms with Gasteiger partial charge in [-0.05, 0) is 30.3 Å². The van der Waals surface area contributed by atoms with Crippen LogP contribution in [0.2, 0.25) is 0 Å². The second-order valence-corrected chi connectivity index (χ2v) is 4.65. The zero-order valence-electron chi connectivity index (χ0n) is 10.2. The zero-order chi connectivity index (χ0) is 13.9. The lowest BCUT2D eigenvalue weighted by Gasteiger charge is -2.21. The Morgan fingerprint density at radius 1 is 0.950 bits per heavy atom. The van der Waals surface area contributed by atoms with E-state index in [1.54, 1.807) is 24.4 Å². The summed E-state index contributed by atoms with van der Waals surface area (Å²) in [4.78, 5) is 14.5. The second-order valence-electron chi connectivity index (χ2n) is 4.65. The largest absolute Gasteiger partial charge is 0.508 e. The molecule has 2 aromatic carbocycles. The number of phenols is 2. The van der Waals surface area contributed by atoms with Gasteiger partial charge in [-0.1, -0.05) is 0 Å². The van der Waals surface area contributed by atoms with Crippen LogP contribution in [-0.4, -0.2) is 15.2 Å². The van der Waals surface area contributed by atoms with E-state index in [0.29, 0.717) is 28.0 Å². The number of H-pyrrole nitrogens is 1. The number of hydrogen-bond donors (Lipinski definition) is 3. The van der Waals surface area contributed by atoms with Crippen LogP contribution in [0.1, 0.15) is 0 Å². The Morgan fingerprint density at radius 3 is 2.60 bits per heavy atom. The molecule has 5 heteroatoms. The maximum atomic E-state index is 11.9. The molecule has 98 valence electrons. The predicted octanol–water partition coefficient (Wildman–Crippen LogP) is 2.71. The van der Waals surface area contributed by atoms with Crippen LogP contribution in [0.5, 0.6) is 23.0 Å². The number of phenolic OH excluding ortho intramolecular Hbond substituents is 2. The number of aromatic amines is 1. The molecule has 2 heterocycles. The number of aromatic nitrogens is 1. The van der Waals surface area contributed by atoms with Gasteiger partial charge in [0.15, 0.2) is 0 Å². The third kappa shape index (κ3) is 1.29. The standard InChI is InChI=1S/C15H9NO4/c17-7-1-3-11-8(5-7)9-6-16-15(19)14-10(18)2-4-12(20-11)13(9)14/h1-6,17-18H,(H,16,19). The number of ether oxygens (including phenoxy) is 1. The number of rotatable bonds is 0. The van der Waals surface area contributed by atoms with Gasteiger partial charge in [0.05, 0.1) is 5.39 Å². The van der Waals surface area contributed by atoms with Crippen LogP contribution >= 0.6 is 0 Å². The SMILES string of the molecule is O=c1[nH]cc2c3c(ccc(O)c13)Oc1ccc(O)cc1-2. The highest BCUT2D eigenvalue weighted by molar-refractivity contribution is 6.05. The molecule has 0 amide bonds. The summed E-state index contributed by atoms with van der Waals surface area (Å²) in [6.07, 6.45) is 1.56. The fraction of sp³-hybridized carbons (Fsp3) is 0. The third-order valence-electron chi connectivity index (χ3n) is 3.46. The smallest absolute Gasteiger partial charge is 0.259 e. The highest BCUT2D eigenvalue weighted by Crippen LogP contribution is 2.47. The van der Waals surface area contributed by atoms with Crippen molar-refractivity contribution in [2.24, 2.45) is 0 Å². The van der Waals surface area contributed by atoms with Crippen molar-refractivity contribution in [2.75, 3.05) is 0 Å². The monoisotopic (exact) mass is 267 g/mol. The summed E-state index contributed by atoms with van der Waals surface area (Å²) < 4.78 is 5.74. The number of nitrogens with one attached hydrogen (secondary N) is 1. The van der Waals surface area contributed by atoms with E-state index in [1.807, 2.05) is 0 Å². The highest BCUT2D eigenvalue weighted by atomic mass is 16.5. The van der Waals surface area contributed by atoms with Crippen LogP contribution in [-0.2, 0) is 0 Å². The molecule has 0 radical (unpaired) electrons. The molecule has 0 unspecified atom stereocenters. The summed E-state index contributed by atoms with van der Waals surface area (Å²) in [5.41, 5.74) is 1.00. The van der Waals surface area contributed by atoms with E-state index in [-0.39, 0.29) is 22.4 Å². The van der Waals surface area contributed by atoms with E-state index in [2.05, 4.69) is 4.98 Å². The molecule has 0 saturated carbocycles. The van der Waals surface area contributed by atoms with Crippen molar-refractivity contribution in [3.63, 3.8) is 0 Å². The molecule has 20 heavy (non-hydrogen) atoms. The van der Waals surface area contributed by atoms with E-state index >= 15 is 0 Å². The lowest BCUT2D eigenvalue weighted by atomic mass is 9.96. The first-order valence-electron chi connectivity index (χ1n) is 6.04. The summed E-state index contributed by atoms with van der Waals surface area (Å²) in [5, 5.41) is 20.3. The van der Waals surface area contributed by atoms with Crippen molar-refractivity contribution >= 4 is 10.8 Å². The van der Waals surface area contributed by atoms with Crippen LogP contribution in [0.15, 0.2) is 41.3 Å².